The number of aromatic nitrogens is 2. The Morgan fingerprint density at radius 2 is 2.35 bits per heavy atom. The van der Waals surface area contributed by atoms with Crippen LogP contribution in [0.15, 0.2) is 4.79 Å². The van der Waals surface area contributed by atoms with Gasteiger partial charge in [-0.3, -0.25) is 4.79 Å². The Hall–Kier alpha value is -1.36. The van der Waals surface area contributed by atoms with E-state index in [0.29, 0.717) is 24.4 Å². The summed E-state index contributed by atoms with van der Waals surface area (Å²) in [6.07, 6.45) is 3.08. The van der Waals surface area contributed by atoms with Crippen LogP contribution in [0.2, 0.25) is 0 Å². The van der Waals surface area contributed by atoms with E-state index in [0.717, 1.165) is 19.3 Å². The largest absolute Gasteiger partial charge is 0.493 e. The van der Waals surface area contributed by atoms with Crippen LogP contribution in [0.1, 0.15) is 44.5 Å². The highest BCUT2D eigenvalue weighted by Gasteiger charge is 2.35. The Labute approximate surface area is 99.9 Å². The maximum atomic E-state index is 11.8. The second kappa shape index (κ2) is 4.49. The van der Waals surface area contributed by atoms with Crippen molar-refractivity contribution in [2.75, 3.05) is 6.61 Å². The molecule has 2 rings (SSSR count). The summed E-state index contributed by atoms with van der Waals surface area (Å²) in [5.41, 5.74) is -0.467. The molecule has 5 nitrogen and oxygen atoms in total. The van der Waals surface area contributed by atoms with Gasteiger partial charge in [0, 0.05) is 6.61 Å². The minimum Gasteiger partial charge on any atom is -0.493 e. The Kier molecular flexibility index (Phi) is 3.19. The van der Waals surface area contributed by atoms with Gasteiger partial charge < -0.3 is 14.8 Å². The average Bonchev–Trinajstić information content (AvgIpc) is 2.72. The summed E-state index contributed by atoms with van der Waals surface area (Å²) in [6.45, 7) is 4.50. The zero-order valence-electron chi connectivity index (χ0n) is 10.2. The summed E-state index contributed by atoms with van der Waals surface area (Å²) >= 11 is 0. The maximum absolute atomic E-state index is 11.8. The molecule has 0 aromatic carbocycles. The van der Waals surface area contributed by atoms with Crippen molar-refractivity contribution in [3.8, 4) is 5.88 Å². The van der Waals surface area contributed by atoms with Gasteiger partial charge in [0.15, 0.2) is 0 Å². The fourth-order valence-electron chi connectivity index (χ4n) is 2.18. The van der Waals surface area contributed by atoms with Crippen LogP contribution in [0, 0.1) is 0 Å². The molecule has 1 aliphatic heterocycles. The minimum atomic E-state index is -0.568. The zero-order valence-corrected chi connectivity index (χ0v) is 10.2. The Bertz CT molecular complexity index is 461. The molecule has 0 spiro atoms. The average molecular weight is 238 g/mol. The molecule has 0 saturated carbocycles. The Morgan fingerprint density at radius 3 is 2.88 bits per heavy atom. The van der Waals surface area contributed by atoms with Gasteiger partial charge in [-0.05, 0) is 26.2 Å². The van der Waals surface area contributed by atoms with E-state index >= 15 is 0 Å². The van der Waals surface area contributed by atoms with Crippen LogP contribution in [0.3, 0.4) is 0 Å². The molecule has 1 aromatic rings. The van der Waals surface area contributed by atoms with E-state index in [1.54, 1.807) is 0 Å². The summed E-state index contributed by atoms with van der Waals surface area (Å²) in [5.74, 6) is 0.264. The van der Waals surface area contributed by atoms with Crippen LogP contribution in [-0.2, 0) is 16.8 Å². The predicted molar refractivity (Wildman–Crippen MR) is 63.1 cm³/mol. The Morgan fingerprint density at radius 1 is 1.59 bits per heavy atom. The molecule has 0 radical (unpaired) electrons. The third-order valence-corrected chi connectivity index (χ3v) is 3.21. The molecule has 17 heavy (non-hydrogen) atoms. The number of H-pyrrole nitrogens is 1. The van der Waals surface area contributed by atoms with Gasteiger partial charge in [0.2, 0.25) is 5.88 Å². The van der Waals surface area contributed by atoms with E-state index < -0.39 is 5.60 Å². The molecule has 1 atom stereocenters. The van der Waals surface area contributed by atoms with E-state index in [2.05, 4.69) is 9.97 Å². The van der Waals surface area contributed by atoms with Crippen LogP contribution >= 0.6 is 0 Å². The first kappa shape index (κ1) is 12.1. The summed E-state index contributed by atoms with van der Waals surface area (Å²) in [5, 5.41) is 9.79. The first-order valence-corrected chi connectivity index (χ1v) is 6.03. The van der Waals surface area contributed by atoms with Crippen molar-refractivity contribution in [1.82, 2.24) is 9.97 Å². The first-order chi connectivity index (χ1) is 8.07. The van der Waals surface area contributed by atoms with Gasteiger partial charge >= 0.3 is 0 Å². The molecule has 2 N–H and O–H groups in total. The molecular formula is C12H18N2O3. The molecule has 1 aromatic heterocycles. The number of rotatable bonds is 3. The molecule has 2 heterocycles. The molecule has 1 saturated heterocycles. The number of aromatic amines is 1. The molecule has 94 valence electrons. The van der Waals surface area contributed by atoms with E-state index in [9.17, 15) is 9.90 Å². The SMILES string of the molecule is CCCc1c(O)nc(C2(C)CCCO2)[nH]c1=O. The van der Waals surface area contributed by atoms with E-state index in [1.165, 1.54) is 0 Å². The number of nitrogens with one attached hydrogen (secondary N) is 1. The zero-order chi connectivity index (χ0) is 12.5. The van der Waals surface area contributed by atoms with Crippen molar-refractivity contribution in [2.24, 2.45) is 0 Å². The first-order valence-electron chi connectivity index (χ1n) is 6.03. The van der Waals surface area contributed by atoms with Crippen molar-refractivity contribution in [2.45, 2.75) is 45.1 Å². The number of hydrogen-bond donors (Lipinski definition) is 2. The van der Waals surface area contributed by atoms with Gasteiger partial charge in [0.25, 0.3) is 5.56 Å². The molecule has 1 aliphatic rings. The van der Waals surface area contributed by atoms with Crippen LogP contribution in [0.25, 0.3) is 0 Å². The lowest BCUT2D eigenvalue weighted by atomic mass is 10.0. The highest BCUT2D eigenvalue weighted by Crippen LogP contribution is 2.33. The highest BCUT2D eigenvalue weighted by molar-refractivity contribution is 5.24. The molecular weight excluding hydrogens is 220 g/mol. The van der Waals surface area contributed by atoms with Crippen LogP contribution in [0.4, 0.5) is 0 Å². The number of aromatic hydroxyl groups is 1. The monoisotopic (exact) mass is 238 g/mol. The standard InChI is InChI=1S/C12H18N2O3/c1-3-5-8-9(15)13-11(14-10(8)16)12(2)6-4-7-17-12/h3-7H2,1-2H3,(H2,13,14,15,16). The summed E-state index contributed by atoms with van der Waals surface area (Å²) < 4.78 is 5.59. The second-order valence-electron chi connectivity index (χ2n) is 4.65. The summed E-state index contributed by atoms with van der Waals surface area (Å²) in [4.78, 5) is 18.7. The van der Waals surface area contributed by atoms with Crippen LogP contribution < -0.4 is 5.56 Å². The van der Waals surface area contributed by atoms with Gasteiger partial charge in [0.05, 0.1) is 5.56 Å². The molecule has 5 heteroatoms. The summed E-state index contributed by atoms with van der Waals surface area (Å²) in [7, 11) is 0. The quantitative estimate of drug-likeness (QED) is 0.835. The van der Waals surface area contributed by atoms with Gasteiger partial charge in [0.1, 0.15) is 11.4 Å². The highest BCUT2D eigenvalue weighted by atomic mass is 16.5. The number of nitrogens with zero attached hydrogens (tertiary/aromatic N) is 1. The second-order valence-corrected chi connectivity index (χ2v) is 4.65. The van der Waals surface area contributed by atoms with E-state index in [-0.39, 0.29) is 11.4 Å². The summed E-state index contributed by atoms with van der Waals surface area (Å²) in [6, 6.07) is 0. The lowest BCUT2D eigenvalue weighted by molar-refractivity contribution is 0.00861. The van der Waals surface area contributed by atoms with Crippen LogP contribution in [-0.4, -0.2) is 21.7 Å². The van der Waals surface area contributed by atoms with Gasteiger partial charge in [-0.15, -0.1) is 0 Å². The molecule has 0 aliphatic carbocycles. The third-order valence-electron chi connectivity index (χ3n) is 3.21. The van der Waals surface area contributed by atoms with Gasteiger partial charge in [-0.2, -0.15) is 4.98 Å². The lowest BCUT2D eigenvalue weighted by Crippen LogP contribution is -2.28. The maximum Gasteiger partial charge on any atom is 0.258 e. The molecule has 0 amide bonds. The smallest absolute Gasteiger partial charge is 0.258 e. The molecule has 0 bridgehead atoms. The number of ether oxygens (including phenoxy) is 1. The third kappa shape index (κ3) is 2.20. The lowest BCUT2D eigenvalue weighted by Gasteiger charge is -2.22. The van der Waals surface area contributed by atoms with E-state index in [4.69, 9.17) is 4.74 Å². The molecule has 1 fully saturated rings. The van der Waals surface area contributed by atoms with E-state index in [1.807, 2.05) is 13.8 Å². The van der Waals surface area contributed by atoms with Crippen molar-refractivity contribution in [3.05, 3.63) is 21.7 Å². The van der Waals surface area contributed by atoms with Crippen LogP contribution in [0.5, 0.6) is 5.88 Å². The normalized spacial score (nSPS) is 24.1. The van der Waals surface area contributed by atoms with Crippen molar-refractivity contribution < 1.29 is 9.84 Å². The number of hydrogen-bond acceptors (Lipinski definition) is 4. The Balaban J connectivity index is 2.41. The molecule has 1 unspecified atom stereocenters. The van der Waals surface area contributed by atoms with Gasteiger partial charge in [-0.25, -0.2) is 0 Å². The predicted octanol–water partition coefficient (Wildman–Crippen LogP) is 1.45. The minimum absolute atomic E-state index is 0.165. The fraction of sp³-hybridized carbons (Fsp3) is 0.667. The van der Waals surface area contributed by atoms with Crippen molar-refractivity contribution in [1.29, 1.82) is 0 Å². The van der Waals surface area contributed by atoms with Crippen molar-refractivity contribution >= 4 is 0 Å². The topological polar surface area (TPSA) is 75.2 Å². The van der Waals surface area contributed by atoms with Crippen molar-refractivity contribution in [3.63, 3.8) is 0 Å². The fourth-order valence-corrected chi connectivity index (χ4v) is 2.18. The van der Waals surface area contributed by atoms with Gasteiger partial charge in [-0.1, -0.05) is 13.3 Å².